The van der Waals surface area contributed by atoms with Gasteiger partial charge in [0, 0.05) is 17.6 Å². The molecule has 3 heteroatoms. The van der Waals surface area contributed by atoms with Gasteiger partial charge in [-0.3, -0.25) is 0 Å². The zero-order valence-electron chi connectivity index (χ0n) is 10.2. The lowest BCUT2D eigenvalue weighted by Gasteiger charge is -2.25. The highest BCUT2D eigenvalue weighted by atomic mass is 79.9. The molecule has 0 bridgehead atoms. The molecular weight excluding hydrogens is 266 g/mol. The van der Waals surface area contributed by atoms with Crippen molar-refractivity contribution in [3.8, 4) is 0 Å². The van der Waals surface area contributed by atoms with E-state index in [-0.39, 0.29) is 11.6 Å². The molecule has 0 radical (unpaired) electrons. The number of benzene rings is 1. The Morgan fingerprint density at radius 2 is 2.00 bits per heavy atom. The molecule has 1 aromatic rings. The van der Waals surface area contributed by atoms with Gasteiger partial charge in [-0.1, -0.05) is 34.1 Å². The number of nitrogens with two attached hydrogens (primary N) is 1. The molecule has 90 valence electrons. The number of methoxy groups -OCH3 is 1. The molecule has 0 saturated heterocycles. The molecule has 0 aliphatic heterocycles. The van der Waals surface area contributed by atoms with Crippen molar-refractivity contribution in [1.29, 1.82) is 0 Å². The van der Waals surface area contributed by atoms with Crippen LogP contribution in [0.5, 0.6) is 0 Å². The van der Waals surface area contributed by atoms with E-state index in [2.05, 4.69) is 35.8 Å². The highest BCUT2D eigenvalue weighted by molar-refractivity contribution is 9.10. The fourth-order valence-corrected chi connectivity index (χ4v) is 2.12. The molecule has 16 heavy (non-hydrogen) atoms. The maximum absolute atomic E-state index is 6.17. The minimum Gasteiger partial charge on any atom is -0.379 e. The van der Waals surface area contributed by atoms with Crippen LogP contribution in [0.1, 0.15) is 38.3 Å². The summed E-state index contributed by atoms with van der Waals surface area (Å²) in [6, 6.07) is 8.16. The van der Waals surface area contributed by atoms with E-state index in [4.69, 9.17) is 10.5 Å². The predicted molar refractivity (Wildman–Crippen MR) is 71.4 cm³/mol. The largest absolute Gasteiger partial charge is 0.379 e. The van der Waals surface area contributed by atoms with Gasteiger partial charge in [-0.15, -0.1) is 0 Å². The number of hydrogen-bond donors (Lipinski definition) is 1. The van der Waals surface area contributed by atoms with Crippen molar-refractivity contribution in [2.75, 3.05) is 7.11 Å². The second kappa shape index (κ2) is 5.80. The molecule has 0 amide bonds. The minimum atomic E-state index is -0.0983. The molecule has 0 saturated carbocycles. The van der Waals surface area contributed by atoms with Gasteiger partial charge in [0.1, 0.15) is 0 Å². The smallest absolute Gasteiger partial charge is 0.0623 e. The summed E-state index contributed by atoms with van der Waals surface area (Å²) in [7, 11) is 1.74. The summed E-state index contributed by atoms with van der Waals surface area (Å²) < 4.78 is 6.47. The summed E-state index contributed by atoms with van der Waals surface area (Å²) in [6.07, 6.45) is 1.87. The molecule has 0 heterocycles. The highest BCUT2D eigenvalue weighted by Gasteiger charge is 2.19. The van der Waals surface area contributed by atoms with Crippen molar-refractivity contribution in [2.45, 2.75) is 38.3 Å². The summed E-state index contributed by atoms with van der Waals surface area (Å²) in [5, 5.41) is 0. The Bertz CT molecular complexity index is 338. The SMILES string of the molecule is COC(C)(C)CCC(N)c1ccccc1Br. The van der Waals surface area contributed by atoms with Gasteiger partial charge in [0.05, 0.1) is 5.60 Å². The first-order valence-corrected chi connectivity index (χ1v) is 6.31. The monoisotopic (exact) mass is 285 g/mol. The van der Waals surface area contributed by atoms with Gasteiger partial charge >= 0.3 is 0 Å². The van der Waals surface area contributed by atoms with E-state index in [1.54, 1.807) is 7.11 Å². The predicted octanol–water partition coefficient (Wildman–Crippen LogP) is 3.65. The third-order valence-corrected chi connectivity index (χ3v) is 3.64. The van der Waals surface area contributed by atoms with Crippen LogP contribution >= 0.6 is 15.9 Å². The van der Waals surface area contributed by atoms with Crippen molar-refractivity contribution < 1.29 is 4.74 Å². The first-order chi connectivity index (χ1) is 7.46. The second-order valence-corrected chi connectivity index (χ2v) is 5.48. The Morgan fingerprint density at radius 1 is 1.38 bits per heavy atom. The van der Waals surface area contributed by atoms with Gasteiger partial charge in [0.15, 0.2) is 0 Å². The standard InChI is InChI=1S/C13H20BrNO/c1-13(2,16-3)9-8-12(15)10-6-4-5-7-11(10)14/h4-7,12H,8-9,15H2,1-3H3. The van der Waals surface area contributed by atoms with Gasteiger partial charge in [-0.05, 0) is 38.3 Å². The molecule has 1 unspecified atom stereocenters. The van der Waals surface area contributed by atoms with E-state index in [0.717, 1.165) is 22.9 Å². The van der Waals surface area contributed by atoms with Crippen molar-refractivity contribution in [3.63, 3.8) is 0 Å². The van der Waals surface area contributed by atoms with Crippen LogP contribution in [0.3, 0.4) is 0 Å². The van der Waals surface area contributed by atoms with E-state index in [1.807, 2.05) is 18.2 Å². The van der Waals surface area contributed by atoms with Gasteiger partial charge in [-0.25, -0.2) is 0 Å². The number of hydrogen-bond acceptors (Lipinski definition) is 2. The van der Waals surface area contributed by atoms with Crippen LogP contribution in [0.4, 0.5) is 0 Å². The Labute approximate surface area is 106 Å². The van der Waals surface area contributed by atoms with Crippen LogP contribution in [0, 0.1) is 0 Å². The Kier molecular flexibility index (Phi) is 4.96. The summed E-state index contributed by atoms with van der Waals surface area (Å²) >= 11 is 3.52. The molecule has 2 nitrogen and oxygen atoms in total. The molecule has 1 aromatic carbocycles. The molecule has 0 aliphatic carbocycles. The van der Waals surface area contributed by atoms with Crippen LogP contribution in [-0.4, -0.2) is 12.7 Å². The lowest BCUT2D eigenvalue weighted by molar-refractivity contribution is 0.0125. The van der Waals surface area contributed by atoms with Gasteiger partial charge in [0.25, 0.3) is 0 Å². The fourth-order valence-electron chi connectivity index (χ4n) is 1.54. The van der Waals surface area contributed by atoms with E-state index < -0.39 is 0 Å². The van der Waals surface area contributed by atoms with Gasteiger partial charge in [-0.2, -0.15) is 0 Å². The average Bonchev–Trinajstić information content (AvgIpc) is 2.27. The van der Waals surface area contributed by atoms with Gasteiger partial charge in [0.2, 0.25) is 0 Å². The van der Waals surface area contributed by atoms with Crippen LogP contribution in [0.25, 0.3) is 0 Å². The Balaban J connectivity index is 2.60. The fraction of sp³-hybridized carbons (Fsp3) is 0.538. The third-order valence-electron chi connectivity index (χ3n) is 2.91. The zero-order chi connectivity index (χ0) is 12.2. The quantitative estimate of drug-likeness (QED) is 0.896. The Morgan fingerprint density at radius 3 is 2.56 bits per heavy atom. The highest BCUT2D eigenvalue weighted by Crippen LogP contribution is 2.27. The molecule has 2 N–H and O–H groups in total. The van der Waals surface area contributed by atoms with Crippen LogP contribution in [0.2, 0.25) is 0 Å². The number of ether oxygens (including phenoxy) is 1. The molecule has 1 rings (SSSR count). The van der Waals surface area contributed by atoms with E-state index >= 15 is 0 Å². The van der Waals surface area contributed by atoms with Gasteiger partial charge < -0.3 is 10.5 Å². The number of halogens is 1. The van der Waals surface area contributed by atoms with Crippen molar-refractivity contribution in [2.24, 2.45) is 5.73 Å². The normalized spacial score (nSPS) is 13.8. The van der Waals surface area contributed by atoms with E-state index in [9.17, 15) is 0 Å². The second-order valence-electron chi connectivity index (χ2n) is 4.63. The lowest BCUT2D eigenvalue weighted by atomic mass is 9.95. The summed E-state index contributed by atoms with van der Waals surface area (Å²) in [5.41, 5.74) is 7.24. The average molecular weight is 286 g/mol. The van der Waals surface area contributed by atoms with Crippen molar-refractivity contribution in [1.82, 2.24) is 0 Å². The summed E-state index contributed by atoms with van der Waals surface area (Å²) in [6.45, 7) is 4.17. The summed E-state index contributed by atoms with van der Waals surface area (Å²) in [5.74, 6) is 0. The molecular formula is C13H20BrNO. The van der Waals surface area contributed by atoms with E-state index in [1.165, 1.54) is 0 Å². The third kappa shape index (κ3) is 3.89. The first kappa shape index (κ1) is 13.7. The van der Waals surface area contributed by atoms with E-state index in [0.29, 0.717) is 0 Å². The maximum atomic E-state index is 6.17. The van der Waals surface area contributed by atoms with Crippen LogP contribution in [0.15, 0.2) is 28.7 Å². The molecule has 1 atom stereocenters. The molecule has 0 fully saturated rings. The number of rotatable bonds is 5. The summed E-state index contributed by atoms with van der Waals surface area (Å²) in [4.78, 5) is 0. The Hall–Kier alpha value is -0.380. The van der Waals surface area contributed by atoms with Crippen LogP contribution in [-0.2, 0) is 4.74 Å². The van der Waals surface area contributed by atoms with Crippen molar-refractivity contribution in [3.05, 3.63) is 34.3 Å². The van der Waals surface area contributed by atoms with Crippen LogP contribution < -0.4 is 5.73 Å². The molecule has 0 aliphatic rings. The lowest BCUT2D eigenvalue weighted by Crippen LogP contribution is -2.24. The maximum Gasteiger partial charge on any atom is 0.0623 e. The first-order valence-electron chi connectivity index (χ1n) is 5.51. The molecule has 0 spiro atoms. The minimum absolute atomic E-state index is 0.0602. The van der Waals surface area contributed by atoms with Crippen molar-refractivity contribution >= 4 is 15.9 Å². The molecule has 0 aromatic heterocycles. The zero-order valence-corrected chi connectivity index (χ0v) is 11.8. The topological polar surface area (TPSA) is 35.2 Å².